The molecule has 1 heterocycles. The fourth-order valence-corrected chi connectivity index (χ4v) is 2.50. The number of nitrogens with two attached hydrogens (primary N) is 1. The minimum atomic E-state index is -0.253. The molecular formula is C18H17N3O. The lowest BCUT2D eigenvalue weighted by atomic mass is 10.1. The van der Waals surface area contributed by atoms with E-state index in [0.717, 1.165) is 22.2 Å². The summed E-state index contributed by atoms with van der Waals surface area (Å²) in [6.45, 7) is 4.00. The maximum Gasteiger partial charge on any atom is 0.274 e. The number of pyridine rings is 1. The van der Waals surface area contributed by atoms with E-state index in [-0.39, 0.29) is 5.91 Å². The third-order valence-electron chi connectivity index (χ3n) is 3.89. The van der Waals surface area contributed by atoms with E-state index in [2.05, 4.69) is 10.3 Å². The molecule has 4 heteroatoms. The van der Waals surface area contributed by atoms with Crippen LogP contribution in [0.15, 0.2) is 48.7 Å². The van der Waals surface area contributed by atoms with Crippen LogP contribution in [-0.2, 0) is 0 Å². The molecule has 110 valence electrons. The molecule has 1 aromatic heterocycles. The highest BCUT2D eigenvalue weighted by Gasteiger charge is 2.15. The Labute approximate surface area is 129 Å². The van der Waals surface area contributed by atoms with E-state index in [1.807, 2.05) is 50.2 Å². The van der Waals surface area contributed by atoms with Gasteiger partial charge >= 0.3 is 0 Å². The van der Waals surface area contributed by atoms with Gasteiger partial charge in [0.25, 0.3) is 5.91 Å². The summed E-state index contributed by atoms with van der Waals surface area (Å²) in [5.41, 5.74) is 9.88. The van der Waals surface area contributed by atoms with E-state index in [1.54, 1.807) is 12.3 Å². The van der Waals surface area contributed by atoms with Gasteiger partial charge in [-0.15, -0.1) is 0 Å². The van der Waals surface area contributed by atoms with Crippen molar-refractivity contribution < 1.29 is 4.79 Å². The number of hydrogen-bond donors (Lipinski definition) is 2. The summed E-state index contributed by atoms with van der Waals surface area (Å²) in [6.07, 6.45) is 1.62. The van der Waals surface area contributed by atoms with Gasteiger partial charge in [0.15, 0.2) is 0 Å². The quantitative estimate of drug-likeness (QED) is 0.708. The molecule has 0 aliphatic rings. The minimum Gasteiger partial charge on any atom is -0.398 e. The first-order chi connectivity index (χ1) is 10.6. The molecule has 0 fully saturated rings. The van der Waals surface area contributed by atoms with Crippen molar-refractivity contribution >= 4 is 28.1 Å². The standard InChI is InChI=1S/C18H17N3O/c1-11-5-3-8-15(12(11)2)21-18(22)17-16-13(9-10-20-17)6-4-7-14(16)19/h3-10H,19H2,1-2H3,(H,21,22). The molecule has 0 unspecified atom stereocenters. The summed E-state index contributed by atoms with van der Waals surface area (Å²) in [6, 6.07) is 13.2. The van der Waals surface area contributed by atoms with E-state index >= 15 is 0 Å². The number of nitrogens with zero attached hydrogens (tertiary/aromatic N) is 1. The summed E-state index contributed by atoms with van der Waals surface area (Å²) in [5.74, 6) is -0.253. The van der Waals surface area contributed by atoms with Crippen LogP contribution in [0.25, 0.3) is 10.8 Å². The Hall–Kier alpha value is -2.88. The normalized spacial score (nSPS) is 10.6. The van der Waals surface area contributed by atoms with Crippen LogP contribution in [0.3, 0.4) is 0 Å². The number of anilines is 2. The molecule has 0 spiro atoms. The molecule has 0 aliphatic carbocycles. The molecule has 3 N–H and O–H groups in total. The number of carbonyl (C=O) groups excluding carboxylic acids is 1. The smallest absolute Gasteiger partial charge is 0.274 e. The van der Waals surface area contributed by atoms with Crippen molar-refractivity contribution in [2.75, 3.05) is 11.1 Å². The van der Waals surface area contributed by atoms with E-state index < -0.39 is 0 Å². The minimum absolute atomic E-state index is 0.253. The average molecular weight is 291 g/mol. The first kappa shape index (κ1) is 14.1. The van der Waals surface area contributed by atoms with Crippen LogP contribution in [-0.4, -0.2) is 10.9 Å². The predicted octanol–water partition coefficient (Wildman–Crippen LogP) is 3.69. The highest BCUT2D eigenvalue weighted by atomic mass is 16.1. The number of aryl methyl sites for hydroxylation is 1. The molecule has 0 aliphatic heterocycles. The molecule has 0 bridgehead atoms. The molecule has 0 saturated heterocycles. The van der Waals surface area contributed by atoms with Crippen molar-refractivity contribution in [3.8, 4) is 0 Å². The van der Waals surface area contributed by atoms with Gasteiger partial charge in [-0.2, -0.15) is 0 Å². The highest BCUT2D eigenvalue weighted by molar-refractivity contribution is 6.14. The summed E-state index contributed by atoms with van der Waals surface area (Å²) in [5, 5.41) is 4.52. The lowest BCUT2D eigenvalue weighted by molar-refractivity contribution is 0.102. The van der Waals surface area contributed by atoms with Crippen molar-refractivity contribution in [2.24, 2.45) is 0 Å². The number of benzene rings is 2. The SMILES string of the molecule is Cc1cccc(NC(=O)c2nccc3cccc(N)c23)c1C. The fraction of sp³-hybridized carbons (Fsp3) is 0.111. The Balaban J connectivity index is 2.05. The number of fused-ring (bicyclic) bond motifs is 1. The zero-order valence-electron chi connectivity index (χ0n) is 12.6. The number of hydrogen-bond acceptors (Lipinski definition) is 3. The molecule has 3 rings (SSSR count). The van der Waals surface area contributed by atoms with Gasteiger partial charge in [-0.1, -0.05) is 24.3 Å². The number of rotatable bonds is 2. The van der Waals surface area contributed by atoms with Gasteiger partial charge in [0.2, 0.25) is 0 Å². The van der Waals surface area contributed by atoms with Crippen LogP contribution in [0.5, 0.6) is 0 Å². The first-order valence-electron chi connectivity index (χ1n) is 7.08. The molecule has 0 radical (unpaired) electrons. The van der Waals surface area contributed by atoms with Crippen LogP contribution < -0.4 is 11.1 Å². The first-order valence-corrected chi connectivity index (χ1v) is 7.08. The van der Waals surface area contributed by atoms with Crippen LogP contribution in [0, 0.1) is 13.8 Å². The highest BCUT2D eigenvalue weighted by Crippen LogP contribution is 2.25. The zero-order valence-corrected chi connectivity index (χ0v) is 12.6. The zero-order chi connectivity index (χ0) is 15.7. The van der Waals surface area contributed by atoms with Crippen molar-refractivity contribution in [3.05, 3.63) is 65.5 Å². The van der Waals surface area contributed by atoms with Crippen LogP contribution in [0.4, 0.5) is 11.4 Å². The summed E-state index contributed by atoms with van der Waals surface area (Å²) < 4.78 is 0. The molecule has 22 heavy (non-hydrogen) atoms. The van der Waals surface area contributed by atoms with Crippen LogP contribution in [0.2, 0.25) is 0 Å². The monoisotopic (exact) mass is 291 g/mol. The Kier molecular flexibility index (Phi) is 3.51. The molecule has 3 aromatic rings. The van der Waals surface area contributed by atoms with Gasteiger partial charge in [-0.25, -0.2) is 0 Å². The summed E-state index contributed by atoms with van der Waals surface area (Å²) in [4.78, 5) is 16.8. The van der Waals surface area contributed by atoms with Crippen molar-refractivity contribution in [1.29, 1.82) is 0 Å². The number of amides is 1. The van der Waals surface area contributed by atoms with Crippen LogP contribution >= 0.6 is 0 Å². The van der Waals surface area contributed by atoms with Gasteiger partial charge in [-0.05, 0) is 48.6 Å². The lowest BCUT2D eigenvalue weighted by Gasteiger charge is -2.12. The predicted molar refractivity (Wildman–Crippen MR) is 90.0 cm³/mol. The lowest BCUT2D eigenvalue weighted by Crippen LogP contribution is -2.15. The second kappa shape index (κ2) is 5.48. The number of aromatic nitrogens is 1. The molecule has 0 atom stereocenters. The van der Waals surface area contributed by atoms with Crippen molar-refractivity contribution in [1.82, 2.24) is 4.98 Å². The van der Waals surface area contributed by atoms with Crippen molar-refractivity contribution in [2.45, 2.75) is 13.8 Å². The second-order valence-corrected chi connectivity index (χ2v) is 5.31. The van der Waals surface area contributed by atoms with E-state index in [0.29, 0.717) is 16.8 Å². The van der Waals surface area contributed by atoms with Gasteiger partial charge in [0.05, 0.1) is 0 Å². The average Bonchev–Trinajstić information content (AvgIpc) is 2.51. The molecule has 2 aromatic carbocycles. The molecule has 0 saturated carbocycles. The maximum atomic E-state index is 12.6. The maximum absolute atomic E-state index is 12.6. The fourth-order valence-electron chi connectivity index (χ4n) is 2.50. The molecular weight excluding hydrogens is 274 g/mol. The Morgan fingerprint density at radius 1 is 1.09 bits per heavy atom. The van der Waals surface area contributed by atoms with Gasteiger partial charge in [0.1, 0.15) is 5.69 Å². The van der Waals surface area contributed by atoms with Crippen molar-refractivity contribution in [3.63, 3.8) is 0 Å². The van der Waals surface area contributed by atoms with Gasteiger partial charge in [0, 0.05) is 23.0 Å². The number of nitrogen functional groups attached to an aromatic ring is 1. The Morgan fingerprint density at radius 3 is 2.68 bits per heavy atom. The topological polar surface area (TPSA) is 68.0 Å². The summed E-state index contributed by atoms with van der Waals surface area (Å²) in [7, 11) is 0. The van der Waals surface area contributed by atoms with E-state index in [9.17, 15) is 4.79 Å². The van der Waals surface area contributed by atoms with Gasteiger partial charge < -0.3 is 11.1 Å². The van der Waals surface area contributed by atoms with Gasteiger partial charge in [-0.3, -0.25) is 9.78 Å². The molecule has 4 nitrogen and oxygen atoms in total. The van der Waals surface area contributed by atoms with Crippen LogP contribution in [0.1, 0.15) is 21.6 Å². The van der Waals surface area contributed by atoms with E-state index in [4.69, 9.17) is 5.73 Å². The number of nitrogens with one attached hydrogen (secondary N) is 1. The largest absolute Gasteiger partial charge is 0.398 e. The second-order valence-electron chi connectivity index (χ2n) is 5.31. The Morgan fingerprint density at radius 2 is 1.86 bits per heavy atom. The third-order valence-corrected chi connectivity index (χ3v) is 3.89. The third kappa shape index (κ3) is 2.39. The Bertz CT molecular complexity index is 866. The number of carbonyl (C=O) groups is 1. The summed E-state index contributed by atoms with van der Waals surface area (Å²) >= 11 is 0. The molecule has 1 amide bonds. The van der Waals surface area contributed by atoms with E-state index in [1.165, 1.54) is 0 Å².